The van der Waals surface area contributed by atoms with Crippen LogP contribution in [0, 0.1) is 17.8 Å². The third-order valence-corrected chi connectivity index (χ3v) is 13.5. The summed E-state index contributed by atoms with van der Waals surface area (Å²) in [5.41, 5.74) is 5.58. The molecule has 4 amide bonds. The number of likely N-dealkylation sites (tertiary alicyclic amines) is 3. The molecule has 4 atom stereocenters. The van der Waals surface area contributed by atoms with Crippen LogP contribution in [0.5, 0.6) is 5.75 Å². The van der Waals surface area contributed by atoms with Crippen LogP contribution in [0.15, 0.2) is 54.6 Å². The Morgan fingerprint density at radius 2 is 1.67 bits per heavy atom. The number of aliphatic hydroxyl groups is 1. The summed E-state index contributed by atoms with van der Waals surface area (Å²) in [7, 11) is 0. The van der Waals surface area contributed by atoms with Gasteiger partial charge in [-0.15, -0.1) is 16.6 Å². The van der Waals surface area contributed by atoms with Gasteiger partial charge in [-0.25, -0.2) is 4.79 Å². The molecular formula is C47H59N9O5. The third kappa shape index (κ3) is 8.82. The molecule has 4 aliphatic rings. The molecule has 8 rings (SSSR count). The number of carbonyl (C=O) groups excluding carboxylic acids is 3. The fraction of sp³-hybridized carbons (Fsp3) is 0.511. The van der Waals surface area contributed by atoms with E-state index in [1.54, 1.807) is 12.1 Å². The van der Waals surface area contributed by atoms with Gasteiger partial charge in [0, 0.05) is 85.9 Å². The molecule has 0 bridgehead atoms. The highest BCUT2D eigenvalue weighted by atomic mass is 16.3. The monoisotopic (exact) mass is 829 g/mol. The number of aliphatic hydroxyl groups excluding tert-OH is 1. The number of nitrogens with one attached hydrogen (secondary N) is 3. The molecule has 3 fully saturated rings. The Morgan fingerprint density at radius 1 is 0.967 bits per heavy atom. The first-order valence-corrected chi connectivity index (χ1v) is 21.8. The first-order valence-electron chi connectivity index (χ1n) is 21.8. The number of fused-ring (bicyclic) bond motifs is 3. The predicted octanol–water partition coefficient (Wildman–Crippen LogP) is 4.56. The molecule has 0 aliphatic carbocycles. The highest BCUT2D eigenvalue weighted by Gasteiger charge is 2.45. The maximum atomic E-state index is 14.2. The number of aromatic amines is 1. The number of urea groups is 1. The highest BCUT2D eigenvalue weighted by molar-refractivity contribution is 5.93. The number of para-hydroxylation sites is 1. The Balaban J connectivity index is 0.837. The zero-order valence-corrected chi connectivity index (χ0v) is 35.7. The van der Waals surface area contributed by atoms with Gasteiger partial charge in [-0.05, 0) is 92.6 Å². The van der Waals surface area contributed by atoms with Crippen molar-refractivity contribution < 1.29 is 24.6 Å². The zero-order chi connectivity index (χ0) is 43.0. The molecule has 6 heterocycles. The van der Waals surface area contributed by atoms with E-state index >= 15 is 0 Å². The molecule has 0 unspecified atom stereocenters. The van der Waals surface area contributed by atoms with Crippen molar-refractivity contribution in [1.82, 2.24) is 45.4 Å². The molecule has 0 spiro atoms. The van der Waals surface area contributed by atoms with Gasteiger partial charge in [0.1, 0.15) is 17.8 Å². The fourth-order valence-corrected chi connectivity index (χ4v) is 10.0. The quantitative estimate of drug-likeness (QED) is 0.160. The van der Waals surface area contributed by atoms with Gasteiger partial charge in [-0.3, -0.25) is 14.5 Å². The molecule has 14 nitrogen and oxygen atoms in total. The predicted molar refractivity (Wildman–Crippen MR) is 233 cm³/mol. The van der Waals surface area contributed by atoms with E-state index in [9.17, 15) is 24.6 Å². The van der Waals surface area contributed by atoms with Gasteiger partial charge in [-0.1, -0.05) is 51.0 Å². The van der Waals surface area contributed by atoms with E-state index in [2.05, 4.69) is 54.5 Å². The molecule has 14 heteroatoms. The highest BCUT2D eigenvalue weighted by Crippen LogP contribution is 2.39. The van der Waals surface area contributed by atoms with Crippen LogP contribution in [0.2, 0.25) is 0 Å². The molecule has 2 aromatic heterocycles. The zero-order valence-electron chi connectivity index (χ0n) is 35.7. The Kier molecular flexibility index (Phi) is 12.1. The van der Waals surface area contributed by atoms with Crippen molar-refractivity contribution in [1.29, 1.82) is 0 Å². The molecular weight excluding hydrogens is 771 g/mol. The molecule has 2 aromatic carbocycles. The number of piperidine rings is 2. The summed E-state index contributed by atoms with van der Waals surface area (Å²) < 4.78 is 0. The number of benzene rings is 2. The normalized spacial score (nSPS) is 22.5. The summed E-state index contributed by atoms with van der Waals surface area (Å²) in [6.07, 6.45) is 9.54. The lowest BCUT2D eigenvalue weighted by Gasteiger charge is -2.46. The van der Waals surface area contributed by atoms with Crippen LogP contribution in [0.25, 0.3) is 22.3 Å². The molecule has 322 valence electrons. The van der Waals surface area contributed by atoms with Crippen LogP contribution >= 0.6 is 0 Å². The van der Waals surface area contributed by atoms with Gasteiger partial charge in [0.05, 0.1) is 11.8 Å². The van der Waals surface area contributed by atoms with Gasteiger partial charge in [0.25, 0.3) is 0 Å². The van der Waals surface area contributed by atoms with Crippen LogP contribution < -0.4 is 10.6 Å². The minimum Gasteiger partial charge on any atom is -0.507 e. The summed E-state index contributed by atoms with van der Waals surface area (Å²) in [6.45, 7) is 12.5. The minimum absolute atomic E-state index is 0.0238. The molecule has 4 aliphatic heterocycles. The first kappa shape index (κ1) is 42.2. The first-order chi connectivity index (χ1) is 29.3. The van der Waals surface area contributed by atoms with Gasteiger partial charge in [-0.2, -0.15) is 0 Å². The van der Waals surface area contributed by atoms with Crippen LogP contribution in [0.4, 0.5) is 4.79 Å². The number of H-pyrrole nitrogens is 1. The number of phenols is 1. The van der Waals surface area contributed by atoms with E-state index in [0.29, 0.717) is 36.4 Å². The lowest BCUT2D eigenvalue weighted by atomic mass is 9.85. The maximum absolute atomic E-state index is 14.2. The number of rotatable bonds is 8. The number of carbonyl (C=O) groups is 3. The Bertz CT molecular complexity index is 2280. The van der Waals surface area contributed by atoms with E-state index < -0.39 is 23.6 Å². The number of nitrogens with zero attached hydrogens (tertiary/aromatic N) is 6. The third-order valence-electron chi connectivity index (χ3n) is 13.5. The number of aromatic hydroxyl groups is 1. The van der Waals surface area contributed by atoms with Crippen LogP contribution in [-0.4, -0.2) is 132 Å². The Labute approximate surface area is 358 Å². The second-order valence-electron chi connectivity index (χ2n) is 18.4. The van der Waals surface area contributed by atoms with Crippen LogP contribution in [0.1, 0.15) is 88.2 Å². The molecule has 61 heavy (non-hydrogen) atoms. The van der Waals surface area contributed by atoms with Crippen molar-refractivity contribution in [3.63, 3.8) is 0 Å². The molecule has 3 saturated heterocycles. The van der Waals surface area contributed by atoms with Crippen molar-refractivity contribution in [3.8, 4) is 29.4 Å². The minimum atomic E-state index is -0.890. The number of hydrogen-bond donors (Lipinski definition) is 5. The van der Waals surface area contributed by atoms with E-state index in [0.717, 1.165) is 73.9 Å². The van der Waals surface area contributed by atoms with E-state index in [1.165, 1.54) is 16.2 Å². The Morgan fingerprint density at radius 3 is 2.36 bits per heavy atom. The van der Waals surface area contributed by atoms with E-state index in [-0.39, 0.29) is 49.1 Å². The average molecular weight is 830 g/mol. The van der Waals surface area contributed by atoms with Crippen molar-refractivity contribution in [2.75, 3.05) is 39.3 Å². The largest absolute Gasteiger partial charge is 0.507 e. The standard InChI is InChI=1S/C47H59N9O5/c1-6-30-11-13-31(14-12-30)27-48-44(59)39-25-34(57)28-56(39)45(60)42(47(3,4)5)50-46(61)54-22-15-32(16-23-54)53-20-17-33(18-21-53)55-24-19-37-41(29(55)2)36-26-38(51-52-43(36)49-37)35-9-7-8-10-40(35)58/h1,7-14,26,29,32-34,39,42,57-58H,15-25,27-28H2,2-5H3,(H,48,59)(H,49,52)(H,50,61)/t29-,34-,39+,42-/m1/s1. The topological polar surface area (TPSA) is 170 Å². The molecule has 0 saturated carbocycles. The smallest absolute Gasteiger partial charge is 0.318 e. The maximum Gasteiger partial charge on any atom is 0.318 e. The summed E-state index contributed by atoms with van der Waals surface area (Å²) in [4.78, 5) is 53.4. The second-order valence-corrected chi connectivity index (χ2v) is 18.4. The lowest BCUT2D eigenvalue weighted by Crippen LogP contribution is -2.60. The number of amides is 4. The van der Waals surface area contributed by atoms with Crippen molar-refractivity contribution >= 4 is 28.9 Å². The van der Waals surface area contributed by atoms with Gasteiger partial charge in [0.15, 0.2) is 5.65 Å². The second kappa shape index (κ2) is 17.5. The molecule has 5 N–H and O–H groups in total. The number of phenolic OH excluding ortho intramolecular Hbond substituents is 1. The number of terminal acetylenes is 1. The number of hydrogen-bond acceptors (Lipinski definition) is 9. The van der Waals surface area contributed by atoms with Crippen molar-refractivity contribution in [3.05, 3.63) is 77.0 Å². The van der Waals surface area contributed by atoms with Gasteiger partial charge >= 0.3 is 6.03 Å². The van der Waals surface area contributed by atoms with E-state index in [1.807, 2.05) is 62.1 Å². The summed E-state index contributed by atoms with van der Waals surface area (Å²) in [6, 6.07) is 15.6. The number of β-amino-alcohol motifs (C(OH)–C–C–N with tert-alkyl or cyclic N) is 1. The van der Waals surface area contributed by atoms with Crippen molar-refractivity contribution in [2.45, 2.75) is 109 Å². The SMILES string of the molecule is C#Cc1ccc(CNC(=O)[C@@H]2C[C@@H](O)CN2C(=O)[C@@H](NC(=O)N2CCC(N3CCC(N4CCc5[nH]c6nnc(-c7ccccc7O)cc6c5[C@H]4C)CC3)CC2)C(C)(C)C)cc1. The van der Waals surface area contributed by atoms with Crippen LogP contribution in [-0.2, 0) is 22.6 Å². The van der Waals surface area contributed by atoms with Crippen LogP contribution in [0.3, 0.4) is 0 Å². The fourth-order valence-electron chi connectivity index (χ4n) is 10.0. The lowest BCUT2D eigenvalue weighted by molar-refractivity contribution is -0.142. The summed E-state index contributed by atoms with van der Waals surface area (Å²) >= 11 is 0. The summed E-state index contributed by atoms with van der Waals surface area (Å²) in [5.74, 6) is 2.05. The molecule has 0 radical (unpaired) electrons. The van der Waals surface area contributed by atoms with Gasteiger partial charge in [0.2, 0.25) is 11.8 Å². The Hall–Kier alpha value is -5.49. The average Bonchev–Trinajstić information content (AvgIpc) is 3.85. The molecule has 4 aromatic rings. The van der Waals surface area contributed by atoms with E-state index in [4.69, 9.17) is 6.42 Å². The van der Waals surface area contributed by atoms with Gasteiger partial charge < -0.3 is 40.5 Å². The number of aromatic nitrogens is 3. The van der Waals surface area contributed by atoms with Crippen molar-refractivity contribution in [2.24, 2.45) is 5.41 Å². The summed E-state index contributed by atoms with van der Waals surface area (Å²) in [5, 5.41) is 37.1.